The highest BCUT2D eigenvalue weighted by molar-refractivity contribution is 7.98. The summed E-state index contributed by atoms with van der Waals surface area (Å²) in [6, 6.07) is 8.04. The van der Waals surface area contributed by atoms with Gasteiger partial charge >= 0.3 is 0 Å². The van der Waals surface area contributed by atoms with Crippen molar-refractivity contribution in [1.82, 2.24) is 14.5 Å². The number of nitrogens with zero attached hydrogens (tertiary/aromatic N) is 3. The first-order chi connectivity index (χ1) is 15.5. The molecule has 32 heavy (non-hydrogen) atoms. The van der Waals surface area contributed by atoms with Crippen LogP contribution >= 0.6 is 23.1 Å². The van der Waals surface area contributed by atoms with Gasteiger partial charge in [-0.3, -0.25) is 14.2 Å². The molecule has 1 saturated carbocycles. The maximum atomic E-state index is 13.7. The van der Waals surface area contributed by atoms with Crippen molar-refractivity contribution in [3.8, 4) is 0 Å². The smallest absolute Gasteiger partial charge is 0.263 e. The lowest BCUT2D eigenvalue weighted by Crippen LogP contribution is -2.26. The molecule has 0 N–H and O–H groups in total. The zero-order valence-corrected chi connectivity index (χ0v) is 20.4. The van der Waals surface area contributed by atoms with E-state index in [4.69, 9.17) is 4.98 Å². The summed E-state index contributed by atoms with van der Waals surface area (Å²) >= 11 is 3.37. The third-order valence-electron chi connectivity index (χ3n) is 6.65. The van der Waals surface area contributed by atoms with Crippen molar-refractivity contribution in [2.24, 2.45) is 0 Å². The number of amides is 1. The summed E-state index contributed by atoms with van der Waals surface area (Å²) in [6.07, 6.45) is 8.98. The summed E-state index contributed by atoms with van der Waals surface area (Å²) in [5.41, 5.74) is 3.27. The zero-order valence-electron chi connectivity index (χ0n) is 18.7. The molecular formula is C25H29N3O2S2. The molecule has 3 aromatic rings. The Hall–Kier alpha value is -2.12. The normalized spacial score (nSPS) is 16.4. The van der Waals surface area contributed by atoms with Crippen LogP contribution in [0.25, 0.3) is 10.2 Å². The van der Waals surface area contributed by atoms with Gasteiger partial charge in [0.15, 0.2) is 5.16 Å². The van der Waals surface area contributed by atoms with Gasteiger partial charge < -0.3 is 4.90 Å². The maximum Gasteiger partial charge on any atom is 0.263 e. The molecule has 0 aliphatic heterocycles. The molecule has 1 amide bonds. The first-order valence-corrected chi connectivity index (χ1v) is 13.3. The third-order valence-corrected chi connectivity index (χ3v) is 8.86. The number of carbonyl (C=O) groups excluding carboxylic acids is 1. The van der Waals surface area contributed by atoms with Crippen molar-refractivity contribution in [2.45, 2.75) is 68.3 Å². The second kappa shape index (κ2) is 9.02. The van der Waals surface area contributed by atoms with Crippen LogP contribution in [0.5, 0.6) is 0 Å². The summed E-state index contributed by atoms with van der Waals surface area (Å²) in [5, 5.41) is 1.74. The third kappa shape index (κ3) is 4.01. The van der Waals surface area contributed by atoms with E-state index in [0.717, 1.165) is 52.4 Å². The van der Waals surface area contributed by atoms with Crippen molar-refractivity contribution in [3.63, 3.8) is 0 Å². The molecule has 0 bridgehead atoms. The fraction of sp³-hybridized carbons (Fsp3) is 0.480. The lowest BCUT2D eigenvalue weighted by atomic mass is 9.97. The SMILES string of the molecule is CN(C)C(=O)c1ccc(CSc2nc3sc4c(c3c(=O)n2C2CCCC2)CCCC4)cc1. The van der Waals surface area contributed by atoms with Crippen molar-refractivity contribution in [3.05, 3.63) is 56.2 Å². The predicted octanol–water partition coefficient (Wildman–Crippen LogP) is 5.45. The van der Waals surface area contributed by atoms with E-state index in [1.54, 1.807) is 42.1 Å². The number of aryl methyl sites for hydroxylation is 2. The van der Waals surface area contributed by atoms with Gasteiger partial charge in [-0.2, -0.15) is 0 Å². The molecule has 168 valence electrons. The lowest BCUT2D eigenvalue weighted by molar-refractivity contribution is 0.0827. The molecule has 0 saturated heterocycles. The molecule has 0 radical (unpaired) electrons. The van der Waals surface area contributed by atoms with Crippen LogP contribution in [0.3, 0.4) is 0 Å². The van der Waals surface area contributed by atoms with Gasteiger partial charge in [-0.25, -0.2) is 4.98 Å². The molecule has 2 aliphatic rings. The van der Waals surface area contributed by atoms with Crippen molar-refractivity contribution >= 4 is 39.2 Å². The molecule has 5 rings (SSSR count). The molecular weight excluding hydrogens is 438 g/mol. The Morgan fingerprint density at radius 1 is 1.12 bits per heavy atom. The van der Waals surface area contributed by atoms with Gasteiger partial charge in [0, 0.05) is 36.3 Å². The molecule has 2 heterocycles. The summed E-state index contributed by atoms with van der Waals surface area (Å²) in [5.74, 6) is 0.736. The van der Waals surface area contributed by atoms with Crippen LogP contribution in [0.4, 0.5) is 0 Å². The van der Waals surface area contributed by atoms with Crippen LogP contribution in [-0.4, -0.2) is 34.5 Å². The monoisotopic (exact) mass is 467 g/mol. The van der Waals surface area contributed by atoms with Gasteiger partial charge in [-0.1, -0.05) is 36.7 Å². The molecule has 0 spiro atoms. The van der Waals surface area contributed by atoms with Crippen LogP contribution in [0.15, 0.2) is 34.2 Å². The molecule has 2 aromatic heterocycles. The van der Waals surface area contributed by atoms with E-state index in [2.05, 4.69) is 0 Å². The van der Waals surface area contributed by atoms with Gasteiger partial charge in [-0.15, -0.1) is 11.3 Å². The van der Waals surface area contributed by atoms with Crippen molar-refractivity contribution in [1.29, 1.82) is 0 Å². The van der Waals surface area contributed by atoms with E-state index in [-0.39, 0.29) is 17.5 Å². The van der Waals surface area contributed by atoms with Crippen molar-refractivity contribution < 1.29 is 4.79 Å². The number of rotatable bonds is 5. The Balaban J connectivity index is 1.48. The number of hydrogen-bond donors (Lipinski definition) is 0. The van der Waals surface area contributed by atoms with E-state index < -0.39 is 0 Å². The molecule has 2 aliphatic carbocycles. The van der Waals surface area contributed by atoms with Crippen molar-refractivity contribution in [2.75, 3.05) is 14.1 Å². The van der Waals surface area contributed by atoms with Crippen LogP contribution in [-0.2, 0) is 18.6 Å². The summed E-state index contributed by atoms with van der Waals surface area (Å²) in [4.78, 5) is 34.8. The van der Waals surface area contributed by atoms with Gasteiger partial charge in [0.25, 0.3) is 11.5 Å². The van der Waals surface area contributed by atoms with Crippen LogP contribution < -0.4 is 5.56 Å². The molecule has 0 atom stereocenters. The maximum absolute atomic E-state index is 13.7. The lowest BCUT2D eigenvalue weighted by Gasteiger charge is -2.18. The van der Waals surface area contributed by atoms with Gasteiger partial charge in [0.2, 0.25) is 0 Å². The topological polar surface area (TPSA) is 55.2 Å². The summed E-state index contributed by atoms with van der Waals surface area (Å²) < 4.78 is 2.02. The Kier molecular flexibility index (Phi) is 6.12. The van der Waals surface area contributed by atoms with Gasteiger partial charge in [0.05, 0.1) is 5.39 Å². The number of hydrogen-bond acceptors (Lipinski definition) is 5. The van der Waals surface area contributed by atoms with Gasteiger partial charge in [0.1, 0.15) is 4.83 Å². The van der Waals surface area contributed by atoms with Crippen LogP contribution in [0, 0.1) is 0 Å². The van der Waals surface area contributed by atoms with E-state index >= 15 is 0 Å². The first kappa shape index (κ1) is 21.7. The number of aromatic nitrogens is 2. The second-order valence-electron chi connectivity index (χ2n) is 9.08. The Bertz CT molecular complexity index is 1200. The number of carbonyl (C=O) groups is 1. The van der Waals surface area contributed by atoms with E-state index in [9.17, 15) is 9.59 Å². The Morgan fingerprint density at radius 3 is 2.56 bits per heavy atom. The number of fused-ring (bicyclic) bond motifs is 3. The molecule has 1 fully saturated rings. The largest absolute Gasteiger partial charge is 0.345 e. The average molecular weight is 468 g/mol. The minimum atomic E-state index is 0.00746. The molecule has 7 heteroatoms. The summed E-state index contributed by atoms with van der Waals surface area (Å²) in [7, 11) is 3.53. The Labute approximate surface area is 196 Å². The van der Waals surface area contributed by atoms with E-state index in [0.29, 0.717) is 5.56 Å². The minimum Gasteiger partial charge on any atom is -0.345 e. The standard InChI is InChI=1S/C25H29N3O2S2/c1-27(2)23(29)17-13-11-16(12-14-17)15-31-25-26-22-21(19-9-5-6-10-20(19)32-22)24(30)28(25)18-7-3-4-8-18/h11-14,18H,3-10,15H2,1-2H3. The fourth-order valence-electron chi connectivity index (χ4n) is 4.93. The zero-order chi connectivity index (χ0) is 22.2. The van der Waals surface area contributed by atoms with Crippen LogP contribution in [0.2, 0.25) is 0 Å². The molecule has 0 unspecified atom stereocenters. The average Bonchev–Trinajstić information content (AvgIpc) is 3.45. The van der Waals surface area contributed by atoms with E-state index in [1.807, 2.05) is 28.8 Å². The number of benzene rings is 1. The Morgan fingerprint density at radius 2 is 1.84 bits per heavy atom. The predicted molar refractivity (Wildman–Crippen MR) is 132 cm³/mol. The highest BCUT2D eigenvalue weighted by atomic mass is 32.2. The van der Waals surface area contributed by atoms with Crippen LogP contribution in [0.1, 0.15) is 70.9 Å². The highest BCUT2D eigenvalue weighted by Gasteiger charge is 2.27. The molecule has 5 nitrogen and oxygen atoms in total. The quantitative estimate of drug-likeness (QED) is 0.370. The molecule has 1 aromatic carbocycles. The van der Waals surface area contributed by atoms with E-state index in [1.165, 1.54) is 36.1 Å². The summed E-state index contributed by atoms with van der Waals surface area (Å²) in [6.45, 7) is 0. The number of thioether (sulfide) groups is 1. The second-order valence-corrected chi connectivity index (χ2v) is 11.1. The highest BCUT2D eigenvalue weighted by Crippen LogP contribution is 2.37. The minimum absolute atomic E-state index is 0.00746. The fourth-order valence-corrected chi connectivity index (χ4v) is 7.26. The number of thiophene rings is 1. The van der Waals surface area contributed by atoms with Gasteiger partial charge in [-0.05, 0) is 61.8 Å². The first-order valence-electron chi connectivity index (χ1n) is 11.5.